The normalized spacial score (nSPS) is 23.0. The summed E-state index contributed by atoms with van der Waals surface area (Å²) in [6, 6.07) is 4.16. The van der Waals surface area contributed by atoms with E-state index >= 15 is 0 Å². The van der Waals surface area contributed by atoms with E-state index in [0.29, 0.717) is 17.0 Å². The molecule has 3 unspecified atom stereocenters. The van der Waals surface area contributed by atoms with E-state index in [1.54, 1.807) is 19.1 Å². The lowest BCUT2D eigenvalue weighted by Gasteiger charge is -2.19. The second kappa shape index (κ2) is 7.25. The van der Waals surface area contributed by atoms with Gasteiger partial charge in [0, 0.05) is 22.5 Å². The number of hydrogen-bond donors (Lipinski definition) is 2. The molecule has 3 nitrogen and oxygen atoms in total. The van der Waals surface area contributed by atoms with Crippen molar-refractivity contribution >= 4 is 29.9 Å². The molecule has 1 aromatic rings. The first-order chi connectivity index (χ1) is 8.99. The molecule has 0 saturated heterocycles. The molecule has 0 heterocycles. The number of nitrogens with two attached hydrogens (primary N) is 1. The quantitative estimate of drug-likeness (QED) is 0.898. The zero-order valence-electron chi connectivity index (χ0n) is 11.2. The minimum atomic E-state index is -0.446. The second-order valence-corrected chi connectivity index (χ2v) is 5.54. The van der Waals surface area contributed by atoms with Crippen LogP contribution in [0.25, 0.3) is 0 Å². The standard InChI is InChI=1S/C14H18ClFN2O.ClH/c1-8(13-11(15)3-2-4-12(13)16)18-14(19)9-5-6-10(17)7-9;/h2-4,8-10H,5-7,17H2,1H3,(H,18,19);1H. The highest BCUT2D eigenvalue weighted by Gasteiger charge is 2.29. The first-order valence-corrected chi connectivity index (χ1v) is 6.86. The van der Waals surface area contributed by atoms with Crippen LogP contribution in [-0.2, 0) is 4.79 Å². The molecule has 2 rings (SSSR count). The maximum absolute atomic E-state index is 13.7. The van der Waals surface area contributed by atoms with Crippen molar-refractivity contribution in [3.8, 4) is 0 Å². The van der Waals surface area contributed by atoms with Gasteiger partial charge in [-0.2, -0.15) is 0 Å². The molecule has 3 atom stereocenters. The van der Waals surface area contributed by atoms with Crippen molar-refractivity contribution < 1.29 is 9.18 Å². The monoisotopic (exact) mass is 320 g/mol. The Bertz CT molecular complexity index is 464. The van der Waals surface area contributed by atoms with Gasteiger partial charge in [0.05, 0.1) is 6.04 Å². The molecule has 6 heteroatoms. The highest BCUT2D eigenvalue weighted by atomic mass is 35.5. The van der Waals surface area contributed by atoms with Gasteiger partial charge >= 0.3 is 0 Å². The van der Waals surface area contributed by atoms with Crippen molar-refractivity contribution in [2.24, 2.45) is 11.7 Å². The summed E-state index contributed by atoms with van der Waals surface area (Å²) in [5.74, 6) is -0.536. The molecule has 0 bridgehead atoms. The maximum Gasteiger partial charge on any atom is 0.223 e. The molecular weight excluding hydrogens is 302 g/mol. The molecule has 1 amide bonds. The Morgan fingerprint density at radius 1 is 1.50 bits per heavy atom. The van der Waals surface area contributed by atoms with E-state index in [2.05, 4.69) is 5.32 Å². The van der Waals surface area contributed by atoms with Crippen LogP contribution in [0.2, 0.25) is 5.02 Å². The zero-order chi connectivity index (χ0) is 14.0. The molecule has 3 N–H and O–H groups in total. The Hall–Kier alpha value is -0.840. The van der Waals surface area contributed by atoms with Crippen LogP contribution in [0.1, 0.15) is 37.8 Å². The molecule has 0 aliphatic heterocycles. The fourth-order valence-electron chi connectivity index (χ4n) is 2.58. The summed E-state index contributed by atoms with van der Waals surface area (Å²) in [6.45, 7) is 1.73. The number of halogens is 3. The van der Waals surface area contributed by atoms with E-state index in [0.717, 1.165) is 12.8 Å². The largest absolute Gasteiger partial charge is 0.349 e. The number of carbonyl (C=O) groups is 1. The van der Waals surface area contributed by atoms with Crippen LogP contribution in [0.15, 0.2) is 18.2 Å². The van der Waals surface area contributed by atoms with E-state index in [1.807, 2.05) is 0 Å². The van der Waals surface area contributed by atoms with Crippen LogP contribution >= 0.6 is 24.0 Å². The third kappa shape index (κ3) is 3.84. The molecule has 0 spiro atoms. The minimum absolute atomic E-state index is 0. The van der Waals surface area contributed by atoms with Crippen molar-refractivity contribution in [3.63, 3.8) is 0 Å². The molecule has 0 aromatic heterocycles. The van der Waals surface area contributed by atoms with Crippen LogP contribution in [-0.4, -0.2) is 11.9 Å². The number of nitrogens with one attached hydrogen (secondary N) is 1. The van der Waals surface area contributed by atoms with E-state index in [1.165, 1.54) is 6.07 Å². The van der Waals surface area contributed by atoms with Gasteiger partial charge in [-0.25, -0.2) is 4.39 Å². The average Bonchev–Trinajstić information content (AvgIpc) is 2.75. The number of benzene rings is 1. The zero-order valence-corrected chi connectivity index (χ0v) is 12.8. The topological polar surface area (TPSA) is 55.1 Å². The van der Waals surface area contributed by atoms with Gasteiger partial charge in [0.25, 0.3) is 0 Å². The summed E-state index contributed by atoms with van der Waals surface area (Å²) in [7, 11) is 0. The number of carbonyl (C=O) groups excluding carboxylic acids is 1. The Morgan fingerprint density at radius 2 is 2.20 bits per heavy atom. The van der Waals surface area contributed by atoms with E-state index < -0.39 is 11.9 Å². The molecule has 1 aliphatic rings. The highest BCUT2D eigenvalue weighted by molar-refractivity contribution is 6.31. The van der Waals surface area contributed by atoms with E-state index in [-0.39, 0.29) is 30.3 Å². The Balaban J connectivity index is 0.00000200. The second-order valence-electron chi connectivity index (χ2n) is 5.14. The first-order valence-electron chi connectivity index (χ1n) is 6.49. The van der Waals surface area contributed by atoms with Gasteiger partial charge in [-0.05, 0) is 38.3 Å². The van der Waals surface area contributed by atoms with Gasteiger partial charge in [-0.3, -0.25) is 4.79 Å². The number of rotatable bonds is 3. The molecule has 0 radical (unpaired) electrons. The fourth-order valence-corrected chi connectivity index (χ4v) is 2.91. The van der Waals surface area contributed by atoms with Gasteiger partial charge in [-0.15, -0.1) is 12.4 Å². The van der Waals surface area contributed by atoms with Gasteiger partial charge in [-0.1, -0.05) is 17.7 Å². The Kier molecular flexibility index (Phi) is 6.24. The van der Waals surface area contributed by atoms with Crippen LogP contribution in [0.5, 0.6) is 0 Å². The summed E-state index contributed by atoms with van der Waals surface area (Å²) in [5.41, 5.74) is 6.13. The summed E-state index contributed by atoms with van der Waals surface area (Å²) in [4.78, 5) is 12.1. The Morgan fingerprint density at radius 3 is 2.75 bits per heavy atom. The van der Waals surface area contributed by atoms with Gasteiger partial charge in [0.15, 0.2) is 0 Å². The number of hydrogen-bond acceptors (Lipinski definition) is 2. The SMILES string of the molecule is CC(NC(=O)C1CCC(N)C1)c1c(F)cccc1Cl.Cl. The molecule has 20 heavy (non-hydrogen) atoms. The summed E-state index contributed by atoms with van der Waals surface area (Å²) < 4.78 is 13.7. The van der Waals surface area contributed by atoms with E-state index in [9.17, 15) is 9.18 Å². The van der Waals surface area contributed by atoms with Crippen LogP contribution in [0, 0.1) is 11.7 Å². The maximum atomic E-state index is 13.7. The van der Waals surface area contributed by atoms with Gasteiger partial charge in [0.2, 0.25) is 5.91 Å². The third-order valence-electron chi connectivity index (χ3n) is 3.64. The summed E-state index contributed by atoms with van der Waals surface area (Å²) >= 11 is 5.98. The van der Waals surface area contributed by atoms with E-state index in [4.69, 9.17) is 17.3 Å². The molecule has 1 fully saturated rings. The summed E-state index contributed by atoms with van der Waals surface area (Å²) in [5, 5.41) is 3.15. The lowest BCUT2D eigenvalue weighted by molar-refractivity contribution is -0.125. The molecule has 1 aliphatic carbocycles. The lowest BCUT2D eigenvalue weighted by atomic mass is 10.0. The highest BCUT2D eigenvalue weighted by Crippen LogP contribution is 2.28. The van der Waals surface area contributed by atoms with Crippen molar-refractivity contribution in [2.45, 2.75) is 38.3 Å². The minimum Gasteiger partial charge on any atom is -0.349 e. The average molecular weight is 321 g/mol. The van der Waals surface area contributed by atoms with Crippen LogP contribution in [0.3, 0.4) is 0 Å². The van der Waals surface area contributed by atoms with Gasteiger partial charge in [0.1, 0.15) is 5.82 Å². The smallest absolute Gasteiger partial charge is 0.223 e. The first kappa shape index (κ1) is 17.2. The van der Waals surface area contributed by atoms with Crippen molar-refractivity contribution in [1.29, 1.82) is 0 Å². The summed E-state index contributed by atoms with van der Waals surface area (Å²) in [6.07, 6.45) is 2.36. The molecule has 112 valence electrons. The fraction of sp³-hybridized carbons (Fsp3) is 0.500. The van der Waals surface area contributed by atoms with Crippen molar-refractivity contribution in [1.82, 2.24) is 5.32 Å². The van der Waals surface area contributed by atoms with Crippen molar-refractivity contribution in [2.75, 3.05) is 0 Å². The van der Waals surface area contributed by atoms with Gasteiger partial charge < -0.3 is 11.1 Å². The van der Waals surface area contributed by atoms with Crippen LogP contribution in [0.4, 0.5) is 4.39 Å². The third-order valence-corrected chi connectivity index (χ3v) is 3.97. The van der Waals surface area contributed by atoms with Crippen LogP contribution < -0.4 is 11.1 Å². The predicted molar refractivity (Wildman–Crippen MR) is 80.5 cm³/mol. The molecular formula is C14H19Cl2FN2O. The molecule has 1 saturated carbocycles. The predicted octanol–water partition coefficient (Wildman–Crippen LogP) is 3.21. The lowest BCUT2D eigenvalue weighted by Crippen LogP contribution is -2.33. The molecule has 1 aromatic carbocycles. The Labute approximate surface area is 129 Å². The van der Waals surface area contributed by atoms with Crippen molar-refractivity contribution in [3.05, 3.63) is 34.6 Å². The number of amides is 1.